The summed E-state index contributed by atoms with van der Waals surface area (Å²) >= 11 is 0. The minimum atomic E-state index is -1.64. The summed E-state index contributed by atoms with van der Waals surface area (Å²) in [6.07, 6.45) is 3.64. The summed E-state index contributed by atoms with van der Waals surface area (Å²) in [6, 6.07) is 8.98. The Bertz CT molecular complexity index is 586. The van der Waals surface area contributed by atoms with E-state index in [1.165, 1.54) is 17.5 Å². The van der Waals surface area contributed by atoms with Gasteiger partial charge in [0.25, 0.3) is 0 Å². The zero-order valence-corrected chi connectivity index (χ0v) is 21.2. The second-order valence-electron chi connectivity index (χ2n) is 9.62. The molecule has 0 saturated carbocycles. The molecular formula is C20H35Cl2NSiTi. The number of hydrogen-bond donors (Lipinski definition) is 1. The van der Waals surface area contributed by atoms with Crippen LogP contribution in [0.4, 0.5) is 0 Å². The minimum Gasteiger partial charge on any atom is -0.332 e. The van der Waals surface area contributed by atoms with Crippen LogP contribution in [0.1, 0.15) is 64.6 Å². The van der Waals surface area contributed by atoms with E-state index in [0.717, 1.165) is 0 Å². The van der Waals surface area contributed by atoms with E-state index in [2.05, 4.69) is 90.0 Å². The topological polar surface area (TPSA) is 12.0 Å². The Morgan fingerprint density at radius 3 is 1.96 bits per heavy atom. The van der Waals surface area contributed by atoms with Crippen LogP contribution in [-0.4, -0.2) is 13.8 Å². The van der Waals surface area contributed by atoms with Gasteiger partial charge < -0.3 is 4.98 Å². The molecule has 1 aliphatic rings. The predicted molar refractivity (Wildman–Crippen MR) is 116 cm³/mol. The van der Waals surface area contributed by atoms with Gasteiger partial charge in [0, 0.05) is 32.8 Å². The van der Waals surface area contributed by atoms with Crippen molar-refractivity contribution < 1.29 is 21.7 Å². The van der Waals surface area contributed by atoms with Gasteiger partial charge >= 0.3 is 0 Å². The van der Waals surface area contributed by atoms with E-state index in [0.29, 0.717) is 11.0 Å². The molecule has 1 aliphatic carbocycles. The van der Waals surface area contributed by atoms with E-state index >= 15 is 0 Å². The zero-order valence-electron chi connectivity index (χ0n) is 17.0. The van der Waals surface area contributed by atoms with E-state index in [1.54, 1.807) is 5.57 Å². The quantitative estimate of drug-likeness (QED) is 0.528. The molecular weight excluding hydrogens is 401 g/mol. The largest absolute Gasteiger partial charge is 0.332 e. The van der Waals surface area contributed by atoms with Crippen LogP contribution in [0.15, 0.2) is 29.8 Å². The van der Waals surface area contributed by atoms with E-state index < -0.39 is 8.24 Å². The van der Waals surface area contributed by atoms with Crippen molar-refractivity contribution in [1.29, 1.82) is 0 Å². The fourth-order valence-corrected chi connectivity index (χ4v) is 8.27. The molecule has 1 atom stereocenters. The number of halogens is 2. The Morgan fingerprint density at radius 1 is 0.960 bits per heavy atom. The third-order valence-corrected chi connectivity index (χ3v) is 7.69. The maximum absolute atomic E-state index is 3.99. The molecule has 0 fully saturated rings. The van der Waals surface area contributed by atoms with E-state index in [4.69, 9.17) is 0 Å². The van der Waals surface area contributed by atoms with Crippen LogP contribution in [0.2, 0.25) is 13.1 Å². The average molecular weight is 436 g/mol. The molecule has 1 aromatic carbocycles. The van der Waals surface area contributed by atoms with Crippen LogP contribution < -0.4 is 4.98 Å². The molecule has 5 heteroatoms. The Morgan fingerprint density at radius 2 is 1.48 bits per heavy atom. The van der Waals surface area contributed by atoms with Crippen molar-refractivity contribution >= 4 is 39.1 Å². The monoisotopic (exact) mass is 435 g/mol. The molecule has 0 aliphatic heterocycles. The predicted octanol–water partition coefficient (Wildman–Crippen LogP) is 6.58. The van der Waals surface area contributed by atoms with Gasteiger partial charge in [0.1, 0.15) is 8.24 Å². The summed E-state index contributed by atoms with van der Waals surface area (Å²) in [5.41, 5.74) is 5.68. The molecule has 1 unspecified atom stereocenters. The summed E-state index contributed by atoms with van der Waals surface area (Å²) in [4.78, 5) is 3.99. The maximum Gasteiger partial charge on any atom is 0.131 e. The van der Waals surface area contributed by atoms with Gasteiger partial charge in [-0.15, -0.1) is 24.8 Å². The van der Waals surface area contributed by atoms with Gasteiger partial charge in [0.2, 0.25) is 0 Å². The number of hydrogen-bond acceptors (Lipinski definition) is 1. The van der Waals surface area contributed by atoms with E-state index in [-0.39, 0.29) is 52.1 Å². The van der Waals surface area contributed by atoms with Gasteiger partial charge in [-0.1, -0.05) is 69.8 Å². The Kier molecular flexibility index (Phi) is 10.6. The van der Waals surface area contributed by atoms with Gasteiger partial charge in [0.05, 0.1) is 0 Å². The first-order valence-electron chi connectivity index (χ1n) is 8.48. The van der Waals surface area contributed by atoms with Crippen molar-refractivity contribution in [2.45, 2.75) is 72.1 Å². The molecule has 0 aromatic heterocycles. The van der Waals surface area contributed by atoms with Crippen LogP contribution in [0.25, 0.3) is 6.08 Å². The van der Waals surface area contributed by atoms with Gasteiger partial charge in [-0.2, -0.15) is 0 Å². The molecule has 25 heavy (non-hydrogen) atoms. The Balaban J connectivity index is 0. The molecule has 1 N–H and O–H groups in total. The number of allylic oxidation sites excluding steroid dienone is 1. The fraction of sp³-hybridized carbons (Fsp3) is 0.600. The first-order valence-corrected chi connectivity index (χ1v) is 11.6. The van der Waals surface area contributed by atoms with E-state index in [9.17, 15) is 0 Å². The number of benzene rings is 1. The van der Waals surface area contributed by atoms with Crippen molar-refractivity contribution in [2.75, 3.05) is 0 Å². The van der Waals surface area contributed by atoms with E-state index in [1.807, 2.05) is 0 Å². The van der Waals surface area contributed by atoms with Gasteiger partial charge in [-0.3, -0.25) is 0 Å². The van der Waals surface area contributed by atoms with Crippen LogP contribution in [0.3, 0.4) is 0 Å². The molecule has 1 aromatic rings. The third kappa shape index (κ3) is 7.52. The standard InChI is InChI=1S/C20H33NSi.2ClH.Ti/c1-19(2,3)14-16-13-15-11-9-10-12-17(15)18(16)22(7,8)21-20(4,5)6;;;/h9-13,18,21H,14H2,1-8H3;2*1H;. The molecule has 0 amide bonds. The molecule has 1 nitrogen and oxygen atoms in total. The summed E-state index contributed by atoms with van der Waals surface area (Å²) in [6.45, 7) is 18.9. The first kappa shape index (κ1) is 27.6. The van der Waals surface area contributed by atoms with Crippen molar-refractivity contribution in [3.8, 4) is 0 Å². The maximum atomic E-state index is 3.99. The van der Waals surface area contributed by atoms with Crippen molar-refractivity contribution in [1.82, 2.24) is 4.98 Å². The summed E-state index contributed by atoms with van der Waals surface area (Å²) < 4.78 is 0. The first-order chi connectivity index (χ1) is 9.89. The van der Waals surface area contributed by atoms with Gasteiger partial charge in [0.15, 0.2) is 0 Å². The number of nitrogens with one attached hydrogen (secondary N) is 1. The normalized spacial score (nSPS) is 16.8. The molecule has 0 heterocycles. The second-order valence-corrected chi connectivity index (χ2v) is 13.9. The fourth-order valence-electron chi connectivity index (χ4n) is 4.04. The molecule has 0 radical (unpaired) electrons. The summed E-state index contributed by atoms with van der Waals surface area (Å²) in [5, 5.41) is 0. The molecule has 0 spiro atoms. The SMILES string of the molecule is CC(C)(C)CC1=Cc2ccccc2C1[Si](C)(C)NC(C)(C)C.Cl.Cl.[Ti]. The molecule has 0 saturated heterocycles. The van der Waals surface area contributed by atoms with Crippen LogP contribution in [0, 0.1) is 5.41 Å². The Hall–Kier alpha value is 0.431. The van der Waals surface area contributed by atoms with Gasteiger partial charge in [-0.05, 0) is 43.7 Å². The van der Waals surface area contributed by atoms with Crippen molar-refractivity contribution in [2.24, 2.45) is 5.41 Å². The summed E-state index contributed by atoms with van der Waals surface area (Å²) in [7, 11) is -1.64. The van der Waals surface area contributed by atoms with Crippen LogP contribution in [-0.2, 0) is 21.7 Å². The minimum absolute atomic E-state index is 0. The smallest absolute Gasteiger partial charge is 0.131 e. The molecule has 0 bridgehead atoms. The summed E-state index contributed by atoms with van der Waals surface area (Å²) in [5.74, 6) is 0. The zero-order chi connectivity index (χ0) is 16.8. The molecule has 142 valence electrons. The number of fused-ring (bicyclic) bond motifs is 1. The van der Waals surface area contributed by atoms with Crippen molar-refractivity contribution in [3.05, 3.63) is 41.0 Å². The average Bonchev–Trinajstić information content (AvgIpc) is 2.60. The number of rotatable bonds is 3. The Labute approximate surface area is 183 Å². The third-order valence-electron chi connectivity index (χ3n) is 4.17. The van der Waals surface area contributed by atoms with Crippen LogP contribution >= 0.6 is 24.8 Å². The van der Waals surface area contributed by atoms with Crippen LogP contribution in [0.5, 0.6) is 0 Å². The second kappa shape index (κ2) is 9.57. The van der Waals surface area contributed by atoms with Gasteiger partial charge in [-0.25, -0.2) is 0 Å². The van der Waals surface area contributed by atoms with Crippen molar-refractivity contribution in [3.63, 3.8) is 0 Å². The molecule has 2 rings (SSSR count).